The molecule has 0 aliphatic carbocycles. The maximum absolute atomic E-state index is 12.6. The van der Waals surface area contributed by atoms with Gasteiger partial charge in [0, 0.05) is 24.8 Å². The lowest BCUT2D eigenvalue weighted by molar-refractivity contribution is -0.151. The summed E-state index contributed by atoms with van der Waals surface area (Å²) in [6.45, 7) is 10.9. The largest absolute Gasteiger partial charge is 0.458 e. The van der Waals surface area contributed by atoms with Crippen LogP contribution in [0.4, 0.5) is 0 Å². The minimum Gasteiger partial charge on any atom is -0.458 e. The number of nitrogens with one attached hydrogen (secondary N) is 1. The molecular formula is C29H37NO4. The van der Waals surface area contributed by atoms with Crippen molar-refractivity contribution in [1.29, 1.82) is 0 Å². The molecule has 2 N–H and O–H groups in total. The molecule has 1 heterocycles. The Morgan fingerprint density at radius 2 is 1.71 bits per heavy atom. The summed E-state index contributed by atoms with van der Waals surface area (Å²) in [7, 11) is 0. The van der Waals surface area contributed by atoms with Crippen LogP contribution in [0.1, 0.15) is 52.7 Å². The molecule has 0 bridgehead atoms. The van der Waals surface area contributed by atoms with E-state index in [0.29, 0.717) is 0 Å². The zero-order valence-electron chi connectivity index (χ0n) is 21.0. The summed E-state index contributed by atoms with van der Waals surface area (Å²) in [4.78, 5) is 24.0. The molecule has 0 radical (unpaired) electrons. The van der Waals surface area contributed by atoms with Gasteiger partial charge >= 0.3 is 5.97 Å². The Morgan fingerprint density at radius 3 is 2.38 bits per heavy atom. The van der Waals surface area contributed by atoms with Crippen molar-refractivity contribution >= 4 is 24.0 Å². The van der Waals surface area contributed by atoms with Gasteiger partial charge in [0.2, 0.25) is 5.91 Å². The summed E-state index contributed by atoms with van der Waals surface area (Å²) in [5.41, 5.74) is 4.26. The van der Waals surface area contributed by atoms with Crippen molar-refractivity contribution in [3.8, 4) is 0 Å². The second-order valence-corrected chi connectivity index (χ2v) is 9.08. The van der Waals surface area contributed by atoms with E-state index in [1.165, 1.54) is 13.0 Å². The number of amides is 1. The molecule has 0 unspecified atom stereocenters. The molecular weight excluding hydrogens is 426 g/mol. The number of carbonyl (C=O) groups excluding carboxylic acids is 2. The Morgan fingerprint density at radius 1 is 1.03 bits per heavy atom. The highest BCUT2D eigenvalue weighted by atomic mass is 16.5. The van der Waals surface area contributed by atoms with Crippen molar-refractivity contribution in [2.24, 2.45) is 11.8 Å². The Hall–Kier alpha value is -3.18. The SMILES string of the molecule is CC(=O)N[C@H](C)[C@@H](O)[C@@H](C)[C@@H]1OC(=O)/C=C/C=C(C)\C=C\c2ccccc2/C=C(C)/C=C/[C@H]1C. The van der Waals surface area contributed by atoms with Gasteiger partial charge in [-0.05, 0) is 31.9 Å². The molecule has 0 saturated carbocycles. The number of aliphatic hydroxyl groups is 1. The predicted octanol–water partition coefficient (Wildman–Crippen LogP) is 5.24. The fraction of sp³-hybridized carbons (Fsp3) is 0.379. The van der Waals surface area contributed by atoms with Gasteiger partial charge in [-0.15, -0.1) is 0 Å². The fourth-order valence-corrected chi connectivity index (χ4v) is 3.98. The van der Waals surface area contributed by atoms with Crippen LogP contribution in [-0.2, 0) is 14.3 Å². The second kappa shape index (κ2) is 12.9. The minimum atomic E-state index is -0.886. The van der Waals surface area contributed by atoms with Gasteiger partial charge < -0.3 is 15.2 Å². The van der Waals surface area contributed by atoms with E-state index in [4.69, 9.17) is 4.74 Å². The normalized spacial score (nSPS) is 27.9. The number of ether oxygens (including phenoxy) is 1. The first kappa shape index (κ1) is 27.1. The molecule has 1 aliphatic rings. The van der Waals surface area contributed by atoms with Crippen molar-refractivity contribution in [1.82, 2.24) is 5.32 Å². The van der Waals surface area contributed by atoms with E-state index in [-0.39, 0.29) is 11.8 Å². The number of benzene rings is 1. The lowest BCUT2D eigenvalue weighted by atomic mass is 9.86. The predicted molar refractivity (Wildman–Crippen MR) is 139 cm³/mol. The third-order valence-corrected chi connectivity index (χ3v) is 5.93. The highest BCUT2D eigenvalue weighted by molar-refractivity contribution is 5.82. The number of aliphatic hydroxyl groups excluding tert-OH is 1. The number of hydrogen-bond donors (Lipinski definition) is 2. The van der Waals surface area contributed by atoms with Gasteiger partial charge in [-0.2, -0.15) is 0 Å². The van der Waals surface area contributed by atoms with Crippen LogP contribution in [-0.4, -0.2) is 35.2 Å². The van der Waals surface area contributed by atoms with Crippen molar-refractivity contribution < 1.29 is 19.4 Å². The summed E-state index contributed by atoms with van der Waals surface area (Å²) in [5, 5.41) is 13.6. The van der Waals surface area contributed by atoms with Crippen molar-refractivity contribution in [3.05, 3.63) is 83.0 Å². The van der Waals surface area contributed by atoms with Gasteiger partial charge in [0.05, 0.1) is 12.1 Å². The van der Waals surface area contributed by atoms with Crippen LogP contribution in [0.15, 0.2) is 71.9 Å². The number of hydrogen-bond acceptors (Lipinski definition) is 4. The second-order valence-electron chi connectivity index (χ2n) is 9.08. The number of fused-ring (bicyclic) bond motifs is 1. The molecule has 182 valence electrons. The molecule has 1 aromatic rings. The maximum atomic E-state index is 12.6. The topological polar surface area (TPSA) is 75.6 Å². The van der Waals surface area contributed by atoms with E-state index in [0.717, 1.165) is 22.3 Å². The lowest BCUT2D eigenvalue weighted by Crippen LogP contribution is -2.48. The summed E-state index contributed by atoms with van der Waals surface area (Å²) in [6, 6.07) is 7.70. The quantitative estimate of drug-likeness (QED) is 0.599. The van der Waals surface area contributed by atoms with Crippen molar-refractivity contribution in [2.45, 2.75) is 59.8 Å². The molecule has 34 heavy (non-hydrogen) atoms. The summed E-state index contributed by atoms with van der Waals surface area (Å²) < 4.78 is 5.81. The first-order valence-electron chi connectivity index (χ1n) is 11.7. The zero-order valence-corrected chi connectivity index (χ0v) is 21.0. The van der Waals surface area contributed by atoms with Crippen LogP contribution in [0.2, 0.25) is 0 Å². The van der Waals surface area contributed by atoms with E-state index in [1.54, 1.807) is 13.0 Å². The zero-order chi connectivity index (χ0) is 25.3. The highest BCUT2D eigenvalue weighted by Gasteiger charge is 2.33. The monoisotopic (exact) mass is 463 g/mol. The first-order chi connectivity index (χ1) is 16.1. The smallest absolute Gasteiger partial charge is 0.331 e. The van der Waals surface area contributed by atoms with E-state index in [1.807, 2.05) is 64.1 Å². The van der Waals surface area contributed by atoms with Gasteiger partial charge in [-0.1, -0.05) is 91.8 Å². The molecule has 2 rings (SSSR count). The molecule has 0 aromatic heterocycles. The van der Waals surface area contributed by atoms with E-state index in [2.05, 4.69) is 29.6 Å². The van der Waals surface area contributed by atoms with Gasteiger partial charge in [0.25, 0.3) is 0 Å². The number of esters is 1. The molecule has 1 aromatic carbocycles. The average molecular weight is 464 g/mol. The number of allylic oxidation sites excluding steroid dienone is 6. The van der Waals surface area contributed by atoms with Gasteiger partial charge in [-0.3, -0.25) is 4.79 Å². The van der Waals surface area contributed by atoms with E-state index in [9.17, 15) is 14.7 Å². The molecule has 5 atom stereocenters. The molecule has 1 amide bonds. The summed E-state index contributed by atoms with van der Waals surface area (Å²) >= 11 is 0. The third kappa shape index (κ3) is 8.31. The number of cyclic esters (lactones) is 1. The number of carbonyl (C=O) groups is 2. The van der Waals surface area contributed by atoms with Crippen molar-refractivity contribution in [3.63, 3.8) is 0 Å². The van der Waals surface area contributed by atoms with Crippen LogP contribution in [0.25, 0.3) is 12.2 Å². The number of rotatable bonds is 4. The van der Waals surface area contributed by atoms with Crippen LogP contribution in [0.5, 0.6) is 0 Å². The van der Waals surface area contributed by atoms with Crippen LogP contribution in [0.3, 0.4) is 0 Å². The Balaban J connectivity index is 2.44. The third-order valence-electron chi connectivity index (χ3n) is 5.93. The molecule has 5 heteroatoms. The van der Waals surface area contributed by atoms with Gasteiger partial charge in [-0.25, -0.2) is 4.79 Å². The Bertz CT molecular complexity index is 1010. The Labute approximate surface area is 203 Å². The molecule has 5 nitrogen and oxygen atoms in total. The van der Waals surface area contributed by atoms with Gasteiger partial charge in [0.15, 0.2) is 0 Å². The van der Waals surface area contributed by atoms with Gasteiger partial charge in [0.1, 0.15) is 6.10 Å². The van der Waals surface area contributed by atoms with Crippen LogP contribution < -0.4 is 5.32 Å². The first-order valence-corrected chi connectivity index (χ1v) is 11.7. The molecule has 0 saturated heterocycles. The molecule has 0 spiro atoms. The van der Waals surface area contributed by atoms with Crippen LogP contribution in [0, 0.1) is 11.8 Å². The summed E-state index contributed by atoms with van der Waals surface area (Å²) in [5.74, 6) is -1.28. The summed E-state index contributed by atoms with van der Waals surface area (Å²) in [6.07, 6.45) is 13.6. The maximum Gasteiger partial charge on any atom is 0.331 e. The molecule has 0 fully saturated rings. The highest BCUT2D eigenvalue weighted by Crippen LogP contribution is 2.25. The fourth-order valence-electron chi connectivity index (χ4n) is 3.98. The Kier molecular flexibility index (Phi) is 10.3. The van der Waals surface area contributed by atoms with Crippen LogP contribution >= 0.6 is 0 Å². The van der Waals surface area contributed by atoms with E-state index >= 15 is 0 Å². The minimum absolute atomic E-state index is 0.171. The molecule has 1 aliphatic heterocycles. The average Bonchev–Trinajstić information content (AvgIpc) is 2.78. The van der Waals surface area contributed by atoms with E-state index < -0.39 is 30.1 Å². The van der Waals surface area contributed by atoms with Crippen molar-refractivity contribution in [2.75, 3.05) is 0 Å². The standard InChI is InChI=1S/C29H37NO4/c1-19-10-9-13-27(32)34-29(22(4)28(33)23(5)30-24(6)31)21(3)16-14-20(2)18-26-12-8-7-11-25(26)17-15-19/h7-18,21-23,28-29,33H,1-6H3,(H,30,31)/b13-9+,16-14+,17-15+,19-10-,20-18+/t21-,22-,23-,28+,29-/m1/s1. The lowest BCUT2D eigenvalue weighted by Gasteiger charge is -2.33.